The molecule has 2 aromatic heterocycles. The molecule has 3 saturated heterocycles. The van der Waals surface area contributed by atoms with Gasteiger partial charge >= 0.3 is 0 Å². The number of nitrogens with zero attached hydrogens (tertiary/aromatic N) is 4. The van der Waals surface area contributed by atoms with Gasteiger partial charge in [0.05, 0.1) is 16.9 Å². The Morgan fingerprint density at radius 1 is 1.08 bits per heavy atom. The van der Waals surface area contributed by atoms with E-state index in [9.17, 15) is 14.4 Å². The smallest absolute Gasteiger partial charge is 0.290 e. The number of carbonyl (C=O) groups is 3. The van der Waals surface area contributed by atoms with Crippen LogP contribution in [0.1, 0.15) is 21.8 Å². The van der Waals surface area contributed by atoms with Crippen molar-refractivity contribution < 1.29 is 23.5 Å². The van der Waals surface area contributed by atoms with Crippen molar-refractivity contribution >= 4 is 40.8 Å². The molecule has 3 aromatic rings. The Kier molecular flexibility index (Phi) is 6.13. The zero-order valence-corrected chi connectivity index (χ0v) is 20.5. The predicted molar refractivity (Wildman–Crippen MR) is 136 cm³/mol. The Morgan fingerprint density at radius 3 is 2.54 bits per heavy atom. The first kappa shape index (κ1) is 23.3. The van der Waals surface area contributed by atoms with Crippen molar-refractivity contribution in [1.82, 2.24) is 20.2 Å². The fourth-order valence-corrected chi connectivity index (χ4v) is 5.57. The third-order valence-corrected chi connectivity index (χ3v) is 7.46. The van der Waals surface area contributed by atoms with Crippen molar-refractivity contribution in [2.45, 2.75) is 6.61 Å². The number of carbonyl (C=O) groups excluding carboxylic acids is 3. The van der Waals surface area contributed by atoms with Crippen LogP contribution in [-0.2, 0) is 11.4 Å². The Morgan fingerprint density at radius 2 is 1.86 bits per heavy atom. The van der Waals surface area contributed by atoms with E-state index in [1.807, 2.05) is 35.2 Å². The van der Waals surface area contributed by atoms with Gasteiger partial charge in [-0.1, -0.05) is 18.2 Å². The number of thioether (sulfide) groups is 1. The number of nitrogens with one attached hydrogen (secondary N) is 1. The molecule has 3 fully saturated rings. The first-order valence-corrected chi connectivity index (χ1v) is 12.7. The van der Waals surface area contributed by atoms with Crippen LogP contribution < -0.4 is 15.0 Å². The lowest BCUT2D eigenvalue weighted by molar-refractivity contribution is -0.115. The molecular formula is C26H23N5O5S. The summed E-state index contributed by atoms with van der Waals surface area (Å²) in [6.45, 7) is 2.96. The second-order valence-corrected chi connectivity index (χ2v) is 10.2. The van der Waals surface area contributed by atoms with Crippen molar-refractivity contribution in [2.24, 2.45) is 11.8 Å². The van der Waals surface area contributed by atoms with E-state index in [1.165, 1.54) is 0 Å². The van der Waals surface area contributed by atoms with Gasteiger partial charge in [-0.2, -0.15) is 4.98 Å². The number of aromatic nitrogens is 2. The van der Waals surface area contributed by atoms with Crippen LogP contribution in [0.2, 0.25) is 0 Å². The summed E-state index contributed by atoms with van der Waals surface area (Å²) in [5.41, 5.74) is 1.17. The molecule has 0 bridgehead atoms. The maximum absolute atomic E-state index is 12.9. The standard InChI is InChI=1S/C26H23N5O5S/c32-23-21(37-26(34)29-23)9-19-10-22(36-15-20-7-4-8-35-20)28-25(27-19)31-13-17-11-30(12-18(17)14-31)24(33)16-5-2-1-3-6-16/h1-10,17-18H,11-15H2,(H,29,32,34). The van der Waals surface area contributed by atoms with Crippen molar-refractivity contribution in [2.75, 3.05) is 31.1 Å². The molecule has 37 heavy (non-hydrogen) atoms. The number of likely N-dealkylation sites (tertiary alicyclic amines) is 1. The van der Waals surface area contributed by atoms with Gasteiger partial charge < -0.3 is 19.0 Å². The number of ether oxygens (including phenoxy) is 1. The maximum Gasteiger partial charge on any atom is 0.290 e. The molecule has 5 heterocycles. The summed E-state index contributed by atoms with van der Waals surface area (Å²) in [4.78, 5) is 50.1. The highest BCUT2D eigenvalue weighted by atomic mass is 32.2. The number of amides is 3. The largest absolute Gasteiger partial charge is 0.469 e. The highest BCUT2D eigenvalue weighted by molar-refractivity contribution is 8.18. The number of benzene rings is 1. The summed E-state index contributed by atoms with van der Waals surface area (Å²) in [6.07, 6.45) is 3.13. The third kappa shape index (κ3) is 4.94. The molecule has 1 N–H and O–H groups in total. The molecule has 10 nitrogen and oxygen atoms in total. The van der Waals surface area contributed by atoms with Gasteiger partial charge in [-0.25, -0.2) is 4.98 Å². The molecule has 0 aliphatic carbocycles. The number of furan rings is 1. The molecule has 11 heteroatoms. The monoisotopic (exact) mass is 517 g/mol. The first-order valence-electron chi connectivity index (χ1n) is 11.9. The summed E-state index contributed by atoms with van der Waals surface area (Å²) in [6, 6.07) is 14.6. The summed E-state index contributed by atoms with van der Waals surface area (Å²) in [5, 5.41) is 1.84. The fraction of sp³-hybridized carbons (Fsp3) is 0.269. The normalized spacial score (nSPS) is 22.0. The zero-order valence-electron chi connectivity index (χ0n) is 19.7. The average Bonchev–Trinajstić information content (AvgIpc) is 3.68. The molecule has 0 radical (unpaired) electrons. The molecule has 0 spiro atoms. The molecule has 3 aliphatic rings. The lowest BCUT2D eigenvalue weighted by Crippen LogP contribution is -2.33. The van der Waals surface area contributed by atoms with Crippen LogP contribution in [0.4, 0.5) is 10.7 Å². The molecule has 2 unspecified atom stereocenters. The molecular weight excluding hydrogens is 494 g/mol. The predicted octanol–water partition coefficient (Wildman–Crippen LogP) is 3.18. The Hall–Kier alpha value is -4.12. The van der Waals surface area contributed by atoms with Crippen LogP contribution in [0.5, 0.6) is 5.88 Å². The number of rotatable bonds is 6. The highest BCUT2D eigenvalue weighted by Gasteiger charge is 2.42. The minimum atomic E-state index is -0.452. The van der Waals surface area contributed by atoms with Crippen LogP contribution in [0.25, 0.3) is 6.08 Å². The fourth-order valence-electron chi connectivity index (χ4n) is 4.90. The van der Waals surface area contributed by atoms with Crippen LogP contribution in [0.15, 0.2) is 64.1 Å². The zero-order chi connectivity index (χ0) is 25.4. The van der Waals surface area contributed by atoms with Crippen LogP contribution in [0.3, 0.4) is 0 Å². The van der Waals surface area contributed by atoms with Gasteiger partial charge in [-0.05, 0) is 42.1 Å². The molecule has 6 rings (SSSR count). The van der Waals surface area contributed by atoms with E-state index in [4.69, 9.17) is 9.15 Å². The Labute approximate surface area is 216 Å². The average molecular weight is 518 g/mol. The number of hydrogen-bond acceptors (Lipinski definition) is 9. The number of anilines is 1. The summed E-state index contributed by atoms with van der Waals surface area (Å²) in [7, 11) is 0. The minimum absolute atomic E-state index is 0.0573. The highest BCUT2D eigenvalue weighted by Crippen LogP contribution is 2.34. The third-order valence-electron chi connectivity index (χ3n) is 6.65. The molecule has 0 saturated carbocycles. The van der Waals surface area contributed by atoms with Crippen LogP contribution in [-0.4, -0.2) is 58.1 Å². The summed E-state index contributed by atoms with van der Waals surface area (Å²) < 4.78 is 11.2. The topological polar surface area (TPSA) is 118 Å². The van der Waals surface area contributed by atoms with Crippen LogP contribution in [0, 0.1) is 11.8 Å². The first-order chi connectivity index (χ1) is 18.0. The van der Waals surface area contributed by atoms with E-state index in [2.05, 4.69) is 20.2 Å². The van der Waals surface area contributed by atoms with Crippen molar-refractivity contribution in [3.8, 4) is 5.88 Å². The van der Waals surface area contributed by atoms with Gasteiger partial charge in [-0.15, -0.1) is 0 Å². The van der Waals surface area contributed by atoms with Crippen LogP contribution >= 0.6 is 11.8 Å². The molecule has 3 aliphatic heterocycles. The van der Waals surface area contributed by atoms with Gasteiger partial charge in [0.2, 0.25) is 11.8 Å². The number of fused-ring (bicyclic) bond motifs is 1. The minimum Gasteiger partial charge on any atom is -0.469 e. The Balaban J connectivity index is 1.20. The molecule has 2 atom stereocenters. The lowest BCUT2D eigenvalue weighted by atomic mass is 10.0. The van der Waals surface area contributed by atoms with E-state index in [-0.39, 0.29) is 17.4 Å². The maximum atomic E-state index is 12.9. The lowest BCUT2D eigenvalue weighted by Gasteiger charge is -2.22. The van der Waals surface area contributed by atoms with E-state index in [0.29, 0.717) is 66.9 Å². The van der Waals surface area contributed by atoms with Gasteiger partial charge in [0.1, 0.15) is 12.4 Å². The van der Waals surface area contributed by atoms with Gasteiger partial charge in [-0.3, -0.25) is 19.7 Å². The van der Waals surface area contributed by atoms with E-state index >= 15 is 0 Å². The molecule has 1 aromatic carbocycles. The quantitative estimate of drug-likeness (QED) is 0.492. The van der Waals surface area contributed by atoms with Gasteiger partial charge in [0.25, 0.3) is 17.1 Å². The van der Waals surface area contributed by atoms with Gasteiger partial charge in [0, 0.05) is 49.6 Å². The summed E-state index contributed by atoms with van der Waals surface area (Å²) in [5.74, 6) is 1.68. The SMILES string of the molecule is O=C1NC(=O)C(=Cc2cc(OCc3ccco3)nc(N3CC4CN(C(=O)c5ccccc5)CC4C3)n2)S1. The summed E-state index contributed by atoms with van der Waals surface area (Å²) >= 11 is 0.833. The van der Waals surface area contributed by atoms with Crippen molar-refractivity contribution in [3.63, 3.8) is 0 Å². The second kappa shape index (κ2) is 9.74. The van der Waals surface area contributed by atoms with Gasteiger partial charge in [0.15, 0.2) is 0 Å². The number of imide groups is 1. The van der Waals surface area contributed by atoms with E-state index in [1.54, 1.807) is 30.5 Å². The van der Waals surface area contributed by atoms with Crippen molar-refractivity contribution in [3.05, 3.63) is 76.7 Å². The Bertz CT molecular complexity index is 1360. The van der Waals surface area contributed by atoms with E-state index < -0.39 is 11.1 Å². The van der Waals surface area contributed by atoms with E-state index in [0.717, 1.165) is 11.8 Å². The second-order valence-electron chi connectivity index (χ2n) is 9.15. The molecule has 3 amide bonds. The molecule has 188 valence electrons. The van der Waals surface area contributed by atoms with Crippen molar-refractivity contribution in [1.29, 1.82) is 0 Å². The number of hydrogen-bond donors (Lipinski definition) is 1.